The number of hydrogen-bond acceptors (Lipinski definition) is 3. The van der Waals surface area contributed by atoms with E-state index in [4.69, 9.17) is 11.6 Å². The Morgan fingerprint density at radius 1 is 1.70 bits per heavy atom. The second-order valence-electron chi connectivity index (χ2n) is 1.62. The fourth-order valence-electron chi connectivity index (χ4n) is 0.546. The van der Waals surface area contributed by atoms with Gasteiger partial charge in [-0.3, -0.25) is 0 Å². The van der Waals surface area contributed by atoms with Crippen LogP contribution in [0.4, 0.5) is 0 Å². The highest BCUT2D eigenvalue weighted by Crippen LogP contribution is 2.22. The van der Waals surface area contributed by atoms with Gasteiger partial charge < -0.3 is 11.6 Å². The Bertz CT molecular complexity index is 255. The van der Waals surface area contributed by atoms with Gasteiger partial charge in [0.25, 0.3) is 0 Å². The molecular weight excluding hydrogens is 214 g/mol. The molecule has 0 saturated carbocycles. The van der Waals surface area contributed by atoms with Crippen molar-refractivity contribution in [3.8, 4) is 0 Å². The predicted molar refractivity (Wildman–Crippen MR) is 46.9 cm³/mol. The third kappa shape index (κ3) is 1.30. The largest absolute Gasteiger partial charge is 0.382 e. The van der Waals surface area contributed by atoms with Gasteiger partial charge in [0.15, 0.2) is 5.84 Å². The zero-order chi connectivity index (χ0) is 7.56. The van der Waals surface area contributed by atoms with E-state index in [2.05, 4.69) is 21.0 Å². The van der Waals surface area contributed by atoms with Crippen LogP contribution in [0.2, 0.25) is 0 Å². The van der Waals surface area contributed by atoms with Crippen molar-refractivity contribution in [2.24, 2.45) is 16.7 Å². The highest BCUT2D eigenvalue weighted by Gasteiger charge is 2.03. The molecule has 0 bridgehead atoms. The Balaban J connectivity index is 3.05. The molecule has 0 radical (unpaired) electrons. The van der Waals surface area contributed by atoms with Gasteiger partial charge in [-0.05, 0) is 27.4 Å². The van der Waals surface area contributed by atoms with E-state index in [0.29, 0.717) is 5.84 Å². The number of nitrogens with zero attached hydrogens (tertiary/aromatic N) is 1. The van der Waals surface area contributed by atoms with Gasteiger partial charge in [-0.2, -0.15) is 5.10 Å². The van der Waals surface area contributed by atoms with E-state index in [1.165, 1.54) is 0 Å². The molecule has 0 aliphatic rings. The first-order valence-electron chi connectivity index (χ1n) is 2.52. The van der Waals surface area contributed by atoms with E-state index in [1.54, 1.807) is 11.3 Å². The van der Waals surface area contributed by atoms with Gasteiger partial charge in [-0.15, -0.1) is 11.3 Å². The number of hydrazone groups is 1. The van der Waals surface area contributed by atoms with Crippen LogP contribution in [0.5, 0.6) is 0 Å². The summed E-state index contributed by atoms with van der Waals surface area (Å²) in [4.78, 5) is 0. The lowest BCUT2D eigenvalue weighted by atomic mass is 10.3. The first kappa shape index (κ1) is 7.56. The minimum absolute atomic E-state index is 0.355. The van der Waals surface area contributed by atoms with E-state index >= 15 is 0 Å². The van der Waals surface area contributed by atoms with Gasteiger partial charge in [0.2, 0.25) is 0 Å². The molecule has 1 heterocycles. The lowest BCUT2D eigenvalue weighted by Gasteiger charge is -1.93. The number of halogens is 1. The average molecular weight is 220 g/mol. The van der Waals surface area contributed by atoms with E-state index < -0.39 is 0 Å². The molecule has 0 aromatic carbocycles. The van der Waals surface area contributed by atoms with Crippen molar-refractivity contribution in [3.05, 3.63) is 20.8 Å². The van der Waals surface area contributed by atoms with Crippen molar-refractivity contribution in [2.45, 2.75) is 0 Å². The van der Waals surface area contributed by atoms with Crippen LogP contribution in [-0.4, -0.2) is 5.84 Å². The van der Waals surface area contributed by atoms with Crippen LogP contribution in [0.25, 0.3) is 0 Å². The molecule has 1 aromatic rings. The van der Waals surface area contributed by atoms with Crippen LogP contribution in [0, 0.1) is 0 Å². The lowest BCUT2D eigenvalue weighted by molar-refractivity contribution is 1.23. The van der Waals surface area contributed by atoms with E-state index in [9.17, 15) is 0 Å². The van der Waals surface area contributed by atoms with Crippen molar-refractivity contribution in [2.75, 3.05) is 0 Å². The quantitative estimate of drug-likeness (QED) is 0.322. The maximum Gasteiger partial charge on any atom is 0.152 e. The van der Waals surface area contributed by atoms with E-state index in [0.717, 1.165) is 9.35 Å². The van der Waals surface area contributed by atoms with Crippen molar-refractivity contribution in [1.29, 1.82) is 0 Å². The van der Waals surface area contributed by atoms with Crippen LogP contribution >= 0.6 is 27.3 Å². The predicted octanol–water partition coefficient (Wildman–Crippen LogP) is 1.09. The van der Waals surface area contributed by atoms with Crippen LogP contribution in [0.1, 0.15) is 5.56 Å². The fraction of sp³-hybridized carbons (Fsp3) is 0. The zero-order valence-corrected chi connectivity index (χ0v) is 7.45. The van der Waals surface area contributed by atoms with Crippen LogP contribution in [-0.2, 0) is 0 Å². The number of amidine groups is 1. The molecule has 1 aromatic heterocycles. The first-order valence-corrected chi connectivity index (χ1v) is 4.19. The monoisotopic (exact) mass is 219 g/mol. The van der Waals surface area contributed by atoms with Crippen LogP contribution < -0.4 is 11.6 Å². The van der Waals surface area contributed by atoms with Gasteiger partial charge in [-0.1, -0.05) is 0 Å². The summed E-state index contributed by atoms with van der Waals surface area (Å²) in [5.41, 5.74) is 6.30. The Labute approximate surface area is 70.8 Å². The zero-order valence-electron chi connectivity index (χ0n) is 5.04. The summed E-state index contributed by atoms with van der Waals surface area (Å²) in [5.74, 6) is 5.33. The molecule has 0 amide bonds. The second-order valence-corrected chi connectivity index (χ2v) is 3.86. The molecule has 0 unspecified atom stereocenters. The van der Waals surface area contributed by atoms with Gasteiger partial charge in [-0.25, -0.2) is 0 Å². The topological polar surface area (TPSA) is 64.4 Å². The molecule has 3 nitrogen and oxygen atoms in total. The Morgan fingerprint density at radius 2 is 2.40 bits per heavy atom. The standard InChI is InChI=1S/C5H6BrN3S/c6-4-3(1-2-10-4)5(7)9-8/h1-2H,8H2,(H2,7,9). The third-order valence-corrected chi connectivity index (χ3v) is 2.72. The fourth-order valence-corrected chi connectivity index (χ4v) is 1.83. The maximum atomic E-state index is 5.44. The van der Waals surface area contributed by atoms with Gasteiger partial charge >= 0.3 is 0 Å². The normalized spacial score (nSPS) is 11.9. The number of thiophene rings is 1. The molecule has 10 heavy (non-hydrogen) atoms. The second kappa shape index (κ2) is 3.03. The summed E-state index contributed by atoms with van der Waals surface area (Å²) in [5, 5.41) is 5.28. The van der Waals surface area contributed by atoms with E-state index in [-0.39, 0.29) is 0 Å². The van der Waals surface area contributed by atoms with Gasteiger partial charge in [0.1, 0.15) is 0 Å². The molecule has 5 heteroatoms. The molecule has 54 valence electrons. The lowest BCUT2D eigenvalue weighted by Crippen LogP contribution is -2.14. The van der Waals surface area contributed by atoms with Crippen molar-refractivity contribution in [3.63, 3.8) is 0 Å². The molecule has 0 aliphatic heterocycles. The first-order chi connectivity index (χ1) is 4.75. The minimum Gasteiger partial charge on any atom is -0.382 e. The molecule has 1 rings (SSSR count). The summed E-state index contributed by atoms with van der Waals surface area (Å²) in [6, 6.07) is 1.86. The van der Waals surface area contributed by atoms with Crippen LogP contribution in [0.15, 0.2) is 20.3 Å². The van der Waals surface area contributed by atoms with Crippen molar-refractivity contribution < 1.29 is 0 Å². The maximum absolute atomic E-state index is 5.44. The molecular formula is C5H6BrN3S. The number of nitrogens with two attached hydrogens (primary N) is 2. The summed E-state index contributed by atoms with van der Waals surface area (Å²) < 4.78 is 0.958. The summed E-state index contributed by atoms with van der Waals surface area (Å²) in [6.07, 6.45) is 0. The Hall–Kier alpha value is -0.550. The Kier molecular flexibility index (Phi) is 2.29. The highest BCUT2D eigenvalue weighted by molar-refractivity contribution is 9.11. The van der Waals surface area contributed by atoms with Crippen LogP contribution in [0.3, 0.4) is 0 Å². The minimum atomic E-state index is 0.355. The highest BCUT2D eigenvalue weighted by atomic mass is 79.9. The van der Waals surface area contributed by atoms with Gasteiger partial charge in [0, 0.05) is 5.56 Å². The summed E-state index contributed by atoms with van der Waals surface area (Å²) in [7, 11) is 0. The van der Waals surface area contributed by atoms with E-state index in [1.807, 2.05) is 11.4 Å². The SMILES string of the molecule is N/N=C(/N)c1ccsc1Br. The molecule has 0 atom stereocenters. The number of rotatable bonds is 1. The smallest absolute Gasteiger partial charge is 0.152 e. The molecule has 0 saturated heterocycles. The summed E-state index contributed by atoms with van der Waals surface area (Å²) in [6.45, 7) is 0. The average Bonchev–Trinajstić information content (AvgIpc) is 2.34. The van der Waals surface area contributed by atoms with Gasteiger partial charge in [0.05, 0.1) is 3.79 Å². The molecule has 0 aliphatic carbocycles. The third-order valence-electron chi connectivity index (χ3n) is 1.03. The Morgan fingerprint density at radius 3 is 2.80 bits per heavy atom. The molecule has 0 spiro atoms. The molecule has 4 N–H and O–H groups in total. The van der Waals surface area contributed by atoms with Crippen molar-refractivity contribution in [1.82, 2.24) is 0 Å². The molecule has 0 fully saturated rings. The summed E-state index contributed by atoms with van der Waals surface area (Å²) >= 11 is 4.86. The number of hydrogen-bond donors (Lipinski definition) is 2. The van der Waals surface area contributed by atoms with Crippen molar-refractivity contribution >= 4 is 33.1 Å².